The van der Waals surface area contributed by atoms with Gasteiger partial charge >= 0.3 is 98.8 Å². The molecule has 0 unspecified atom stereocenters. The number of unbranched alkanes of at least 4 members (excludes halogenated alkanes) is 14. The molecule has 0 aromatic carbocycles. The summed E-state index contributed by atoms with van der Waals surface area (Å²) in [7, 11) is 6.89. The van der Waals surface area contributed by atoms with Gasteiger partial charge in [0, 0.05) is 0 Å². The van der Waals surface area contributed by atoms with Crippen molar-refractivity contribution in [3.8, 4) is 0 Å². The van der Waals surface area contributed by atoms with E-state index in [4.69, 9.17) is 14.7 Å². The third kappa shape index (κ3) is 27.0. The molecule has 1 nitrogen and oxygen atoms in total. The number of halogens is 1. The average Bonchev–Trinajstić information content (AvgIpc) is 2.74. The van der Waals surface area contributed by atoms with Crippen molar-refractivity contribution in [2.75, 3.05) is 6.54 Å². The average molecular weight is 539 g/mol. The summed E-state index contributed by atoms with van der Waals surface area (Å²) in [5.41, 5.74) is 5.45. The molecule has 2 N–H and O–H groups in total. The summed E-state index contributed by atoms with van der Waals surface area (Å²) >= 11 is -2.09. The summed E-state index contributed by atoms with van der Waals surface area (Å²) in [5, 5.41) is 0. The maximum absolute atomic E-state index is 6.89. The van der Waals surface area contributed by atoms with Crippen LogP contribution in [0, 0.1) is 0 Å². The monoisotopic (exact) mass is 539 g/mol. The van der Waals surface area contributed by atoms with Crippen LogP contribution in [0.3, 0.4) is 0 Å². The third-order valence-corrected chi connectivity index (χ3v) is 20.5. The van der Waals surface area contributed by atoms with E-state index in [9.17, 15) is 0 Å². The molecule has 0 bridgehead atoms. The van der Waals surface area contributed by atoms with Gasteiger partial charge in [-0.3, -0.25) is 0 Å². The first-order valence-corrected chi connectivity index (χ1v) is 23.2. The van der Waals surface area contributed by atoms with Crippen molar-refractivity contribution in [3.05, 3.63) is 0 Å². The van der Waals surface area contributed by atoms with E-state index in [0.717, 1.165) is 6.54 Å². The second kappa shape index (κ2) is 27.1. The molecule has 0 aliphatic heterocycles. The summed E-state index contributed by atoms with van der Waals surface area (Å²) in [6, 6.07) is 0. The first-order valence-electron chi connectivity index (χ1n) is 13.5. The summed E-state index contributed by atoms with van der Waals surface area (Å²) in [5.74, 6) is 0. The van der Waals surface area contributed by atoms with E-state index in [2.05, 4.69) is 27.7 Å². The van der Waals surface area contributed by atoms with Crippen LogP contribution in [-0.4, -0.2) is 23.8 Å². The van der Waals surface area contributed by atoms with Crippen molar-refractivity contribution in [1.29, 1.82) is 0 Å². The topological polar surface area (TPSA) is 26.0 Å². The molecule has 0 rings (SSSR count). The van der Waals surface area contributed by atoms with Gasteiger partial charge in [-0.2, -0.15) is 0 Å². The molecule has 0 saturated carbocycles. The van der Waals surface area contributed by atoms with E-state index in [-0.39, 0.29) is 0 Å². The maximum atomic E-state index is 6.89. The number of nitrogens with two attached hydrogens (primary N) is 1. The van der Waals surface area contributed by atoms with Crippen LogP contribution in [-0.2, 0) is 0 Å². The van der Waals surface area contributed by atoms with E-state index in [1.165, 1.54) is 129 Å². The molecular weight excluding hydrogens is 480 g/mol. The van der Waals surface area contributed by atoms with Gasteiger partial charge in [-0.05, 0) is 13.0 Å². The standard InChI is InChI=1S/C14H31N.3C4H9.ClH.Sn/c1-2-3-4-5-6-7-8-9-10-11-12-13-14-15;3*1-3-4-2;;/h2-15H2,1H3;3*1,3-4H2,2H3;1H;/q;;;;;+1/p-1. The molecule has 0 radical (unpaired) electrons. The fraction of sp³-hybridized carbons (Fsp3) is 1.00. The molecule has 0 aromatic rings. The van der Waals surface area contributed by atoms with Crippen LogP contribution in [0.5, 0.6) is 0 Å². The second-order valence-corrected chi connectivity index (χ2v) is 25.4. The van der Waals surface area contributed by atoms with Crippen molar-refractivity contribution in [2.24, 2.45) is 5.73 Å². The first kappa shape index (κ1) is 32.2. The molecule has 0 spiro atoms. The van der Waals surface area contributed by atoms with Gasteiger partial charge in [0.05, 0.1) is 0 Å². The van der Waals surface area contributed by atoms with E-state index >= 15 is 0 Å². The Hall–Kier alpha value is 1.05. The molecule has 0 fully saturated rings. The van der Waals surface area contributed by atoms with Crippen LogP contribution in [0.4, 0.5) is 0 Å². The first-order chi connectivity index (χ1) is 14.1. The summed E-state index contributed by atoms with van der Waals surface area (Å²) < 4.78 is 4.27. The summed E-state index contributed by atoms with van der Waals surface area (Å²) in [6.45, 7) is 9.99. The third-order valence-electron chi connectivity index (χ3n) is 5.99. The Bertz CT molecular complexity index is 252. The van der Waals surface area contributed by atoms with Crippen LogP contribution in [0.2, 0.25) is 13.3 Å². The molecule has 0 aromatic heterocycles. The van der Waals surface area contributed by atoms with E-state index in [1.54, 1.807) is 0 Å². The number of hydrogen-bond acceptors (Lipinski definition) is 1. The Morgan fingerprint density at radius 1 is 0.448 bits per heavy atom. The van der Waals surface area contributed by atoms with Crippen molar-refractivity contribution < 1.29 is 0 Å². The van der Waals surface area contributed by atoms with Crippen LogP contribution >= 0.6 is 8.92 Å². The minimum atomic E-state index is -2.09. The zero-order valence-electron chi connectivity index (χ0n) is 21.0. The predicted molar refractivity (Wildman–Crippen MR) is 141 cm³/mol. The molecule has 0 heterocycles. The quantitative estimate of drug-likeness (QED) is 0.114. The summed E-state index contributed by atoms with van der Waals surface area (Å²) in [4.78, 5) is 0. The minimum absolute atomic E-state index is 0.872. The molecular formula is C26H58ClNSn. The van der Waals surface area contributed by atoms with Gasteiger partial charge in [-0.15, -0.1) is 0 Å². The molecule has 3 heteroatoms. The van der Waals surface area contributed by atoms with Crippen molar-refractivity contribution in [3.63, 3.8) is 0 Å². The Labute approximate surface area is 194 Å². The van der Waals surface area contributed by atoms with Crippen LogP contribution in [0.25, 0.3) is 0 Å². The Morgan fingerprint density at radius 2 is 0.724 bits per heavy atom. The van der Waals surface area contributed by atoms with E-state index in [1.807, 2.05) is 0 Å². The van der Waals surface area contributed by atoms with Crippen molar-refractivity contribution in [1.82, 2.24) is 0 Å². The molecule has 0 saturated heterocycles. The summed E-state index contributed by atoms with van der Waals surface area (Å²) in [6.07, 6.45) is 25.0. The van der Waals surface area contributed by atoms with Gasteiger partial charge in [0.2, 0.25) is 0 Å². The van der Waals surface area contributed by atoms with Crippen molar-refractivity contribution >= 4 is 26.2 Å². The zero-order chi connectivity index (χ0) is 22.1. The van der Waals surface area contributed by atoms with Crippen LogP contribution in [0.1, 0.15) is 143 Å². The molecule has 178 valence electrons. The Kier molecular flexibility index (Phi) is 30.1. The number of rotatable bonds is 21. The Balaban J connectivity index is 0. The van der Waals surface area contributed by atoms with Gasteiger partial charge in [0.1, 0.15) is 0 Å². The van der Waals surface area contributed by atoms with Gasteiger partial charge in [-0.25, -0.2) is 0 Å². The molecule has 0 amide bonds. The van der Waals surface area contributed by atoms with E-state index in [0.29, 0.717) is 0 Å². The van der Waals surface area contributed by atoms with Gasteiger partial charge in [0.25, 0.3) is 0 Å². The van der Waals surface area contributed by atoms with Crippen molar-refractivity contribution in [2.45, 2.75) is 157 Å². The molecule has 0 aliphatic carbocycles. The Morgan fingerprint density at radius 3 is 1.00 bits per heavy atom. The SMILES string of the molecule is CCCCCCCCCCCCCCN.CCC[CH2][Sn]([Cl])([CH2]CCC)[CH2]CCC. The normalized spacial score (nSPS) is 11.4. The van der Waals surface area contributed by atoms with Gasteiger partial charge in [-0.1, -0.05) is 77.6 Å². The van der Waals surface area contributed by atoms with E-state index < -0.39 is 17.3 Å². The molecule has 0 atom stereocenters. The molecule has 29 heavy (non-hydrogen) atoms. The van der Waals surface area contributed by atoms with Crippen LogP contribution < -0.4 is 5.73 Å². The van der Waals surface area contributed by atoms with Crippen LogP contribution in [0.15, 0.2) is 0 Å². The predicted octanol–water partition coefficient (Wildman–Crippen LogP) is 10.2. The van der Waals surface area contributed by atoms with Gasteiger partial charge < -0.3 is 5.73 Å². The fourth-order valence-electron chi connectivity index (χ4n) is 3.84. The zero-order valence-corrected chi connectivity index (χ0v) is 24.6. The van der Waals surface area contributed by atoms with Gasteiger partial charge in [0.15, 0.2) is 0 Å². The fourth-order valence-corrected chi connectivity index (χ4v) is 17.1. The molecule has 0 aliphatic rings. The second-order valence-electron chi connectivity index (χ2n) is 9.14. The number of hydrogen-bond donors (Lipinski definition) is 1.